The highest BCUT2D eigenvalue weighted by Crippen LogP contribution is 2.54. The number of rotatable bonds is 5. The minimum atomic E-state index is -0.793. The smallest absolute Gasteiger partial charge is 0.408 e. The van der Waals surface area contributed by atoms with Crippen molar-refractivity contribution in [3.8, 4) is 0 Å². The van der Waals surface area contributed by atoms with Gasteiger partial charge in [0.25, 0.3) is 5.91 Å². The van der Waals surface area contributed by atoms with Crippen LogP contribution in [0.2, 0.25) is 5.02 Å². The molecular weight excluding hydrogens is 352 g/mol. The molecule has 2 aromatic carbocycles. The number of cyclic esters (lactones) is 1. The van der Waals surface area contributed by atoms with Crippen LogP contribution in [0.25, 0.3) is 0 Å². The van der Waals surface area contributed by atoms with Gasteiger partial charge in [-0.25, -0.2) is 4.79 Å². The maximum absolute atomic E-state index is 12.6. The fraction of sp³-hybridized carbons (Fsp3) is 0.300. The molecule has 2 amide bonds. The maximum atomic E-state index is 12.6. The zero-order valence-corrected chi connectivity index (χ0v) is 14.8. The molecule has 26 heavy (non-hydrogen) atoms. The summed E-state index contributed by atoms with van der Waals surface area (Å²) >= 11 is 6.16. The van der Waals surface area contributed by atoms with E-state index in [2.05, 4.69) is 22.8 Å². The lowest BCUT2D eigenvalue weighted by Gasteiger charge is -2.21. The third kappa shape index (κ3) is 3.53. The number of halogens is 1. The third-order valence-electron chi connectivity index (χ3n) is 4.97. The van der Waals surface area contributed by atoms with Crippen LogP contribution in [0.3, 0.4) is 0 Å². The Morgan fingerprint density at radius 2 is 2.00 bits per heavy atom. The van der Waals surface area contributed by atoms with Gasteiger partial charge in [0.1, 0.15) is 0 Å². The van der Waals surface area contributed by atoms with E-state index >= 15 is 0 Å². The molecule has 4 rings (SSSR count). The Labute approximate surface area is 156 Å². The van der Waals surface area contributed by atoms with E-state index in [9.17, 15) is 9.59 Å². The van der Waals surface area contributed by atoms with Crippen LogP contribution in [0.4, 0.5) is 4.79 Å². The molecule has 0 spiro atoms. The molecule has 6 heteroatoms. The van der Waals surface area contributed by atoms with Crippen molar-refractivity contribution in [2.75, 3.05) is 6.54 Å². The highest BCUT2D eigenvalue weighted by molar-refractivity contribution is 6.30. The Balaban J connectivity index is 1.55. The predicted octanol–water partition coefficient (Wildman–Crippen LogP) is 3.41. The molecule has 0 unspecified atom stereocenters. The topological polar surface area (TPSA) is 67.4 Å². The Bertz CT molecular complexity index is 827. The fourth-order valence-corrected chi connectivity index (χ4v) is 3.78. The first-order valence-electron chi connectivity index (χ1n) is 8.67. The van der Waals surface area contributed by atoms with Crippen LogP contribution in [0.5, 0.6) is 0 Å². The summed E-state index contributed by atoms with van der Waals surface area (Å²) in [6.07, 6.45) is -0.361. The van der Waals surface area contributed by atoms with Crippen molar-refractivity contribution in [3.05, 3.63) is 70.7 Å². The number of amides is 2. The SMILES string of the molecule is O=C1NC[C@@H](C(=O)N[C@@H](c2cccc(Cl)c2)[C@@H]2C[C@@H]2c2ccccc2)O1. The average Bonchev–Trinajstić information content (AvgIpc) is 3.32. The van der Waals surface area contributed by atoms with Gasteiger partial charge in [0.05, 0.1) is 12.6 Å². The maximum Gasteiger partial charge on any atom is 0.408 e. The summed E-state index contributed by atoms with van der Waals surface area (Å²) in [7, 11) is 0. The van der Waals surface area contributed by atoms with E-state index in [-0.39, 0.29) is 24.4 Å². The molecule has 0 radical (unpaired) electrons. The Kier molecular flexibility index (Phi) is 4.55. The molecule has 1 saturated heterocycles. The van der Waals surface area contributed by atoms with Crippen LogP contribution >= 0.6 is 11.6 Å². The van der Waals surface area contributed by atoms with Crippen LogP contribution in [-0.2, 0) is 9.53 Å². The van der Waals surface area contributed by atoms with Crippen LogP contribution in [-0.4, -0.2) is 24.6 Å². The predicted molar refractivity (Wildman–Crippen MR) is 97.9 cm³/mol. The number of carbonyl (C=O) groups is 2. The van der Waals surface area contributed by atoms with Crippen LogP contribution in [0, 0.1) is 5.92 Å². The Morgan fingerprint density at radius 1 is 1.19 bits per heavy atom. The van der Waals surface area contributed by atoms with E-state index in [1.807, 2.05) is 42.5 Å². The first-order chi connectivity index (χ1) is 12.6. The van der Waals surface area contributed by atoms with Crippen LogP contribution in [0.15, 0.2) is 54.6 Å². The molecule has 2 aliphatic rings. The summed E-state index contributed by atoms with van der Waals surface area (Å²) < 4.78 is 5.01. The molecule has 0 aromatic heterocycles. The lowest BCUT2D eigenvalue weighted by atomic mass is 9.98. The van der Waals surface area contributed by atoms with Gasteiger partial charge in [-0.1, -0.05) is 54.1 Å². The summed E-state index contributed by atoms with van der Waals surface area (Å²) in [6, 6.07) is 17.7. The molecule has 0 bridgehead atoms. The first-order valence-corrected chi connectivity index (χ1v) is 9.05. The van der Waals surface area contributed by atoms with Gasteiger partial charge in [0.15, 0.2) is 6.10 Å². The molecule has 2 aromatic rings. The molecule has 1 saturated carbocycles. The van der Waals surface area contributed by atoms with E-state index in [0.717, 1.165) is 12.0 Å². The number of alkyl carbamates (subject to hydrolysis) is 1. The van der Waals surface area contributed by atoms with Gasteiger partial charge >= 0.3 is 6.09 Å². The van der Waals surface area contributed by atoms with E-state index in [0.29, 0.717) is 10.9 Å². The van der Waals surface area contributed by atoms with Crippen molar-refractivity contribution in [2.45, 2.75) is 24.5 Å². The van der Waals surface area contributed by atoms with Crippen LogP contribution < -0.4 is 10.6 Å². The van der Waals surface area contributed by atoms with Crippen molar-refractivity contribution in [2.24, 2.45) is 5.92 Å². The number of hydrogen-bond donors (Lipinski definition) is 2. The van der Waals surface area contributed by atoms with Gasteiger partial charge in [-0.15, -0.1) is 0 Å². The van der Waals surface area contributed by atoms with E-state index in [1.165, 1.54) is 5.56 Å². The van der Waals surface area contributed by atoms with Gasteiger partial charge in [-0.2, -0.15) is 0 Å². The number of ether oxygens (including phenoxy) is 1. The zero-order chi connectivity index (χ0) is 18.1. The van der Waals surface area contributed by atoms with Crippen molar-refractivity contribution in [1.82, 2.24) is 10.6 Å². The summed E-state index contributed by atoms with van der Waals surface area (Å²) in [5.74, 6) is 0.390. The normalized spacial score (nSPS) is 25.1. The largest absolute Gasteiger partial charge is 0.434 e. The Morgan fingerprint density at radius 3 is 2.69 bits per heavy atom. The van der Waals surface area contributed by atoms with Crippen molar-refractivity contribution >= 4 is 23.6 Å². The van der Waals surface area contributed by atoms with Crippen molar-refractivity contribution in [3.63, 3.8) is 0 Å². The summed E-state index contributed by atoms with van der Waals surface area (Å²) in [4.78, 5) is 23.8. The zero-order valence-electron chi connectivity index (χ0n) is 14.0. The third-order valence-corrected chi connectivity index (χ3v) is 5.21. The monoisotopic (exact) mass is 370 g/mol. The van der Waals surface area contributed by atoms with Gasteiger partial charge in [0.2, 0.25) is 0 Å². The summed E-state index contributed by atoms with van der Waals surface area (Å²) in [5.41, 5.74) is 2.24. The minimum absolute atomic E-state index is 0.175. The first kappa shape index (κ1) is 16.9. The molecule has 134 valence electrons. The van der Waals surface area contributed by atoms with Gasteiger partial charge in [-0.05, 0) is 41.5 Å². The van der Waals surface area contributed by atoms with Gasteiger partial charge in [0, 0.05) is 5.02 Å². The molecule has 1 aliphatic carbocycles. The van der Waals surface area contributed by atoms with Gasteiger partial charge in [-0.3, -0.25) is 4.79 Å². The molecular formula is C20H19ClN2O3. The number of benzene rings is 2. The second-order valence-electron chi connectivity index (χ2n) is 6.73. The lowest BCUT2D eigenvalue weighted by molar-refractivity contribution is -0.128. The molecule has 1 aliphatic heterocycles. The number of hydrogen-bond acceptors (Lipinski definition) is 3. The van der Waals surface area contributed by atoms with Crippen molar-refractivity contribution in [1.29, 1.82) is 0 Å². The molecule has 2 N–H and O–H groups in total. The molecule has 5 nitrogen and oxygen atoms in total. The van der Waals surface area contributed by atoms with Crippen LogP contribution in [0.1, 0.15) is 29.5 Å². The Hall–Kier alpha value is -2.53. The average molecular weight is 371 g/mol. The van der Waals surface area contributed by atoms with E-state index in [4.69, 9.17) is 16.3 Å². The quantitative estimate of drug-likeness (QED) is 0.847. The summed E-state index contributed by atoms with van der Waals surface area (Å²) in [6.45, 7) is 0.194. The highest BCUT2D eigenvalue weighted by atomic mass is 35.5. The molecule has 1 heterocycles. The lowest BCUT2D eigenvalue weighted by Crippen LogP contribution is -2.40. The number of carbonyl (C=O) groups excluding carboxylic acids is 2. The molecule has 4 atom stereocenters. The standard InChI is InChI=1S/C20H19ClN2O3/c21-14-8-4-7-13(9-14)18(23-19(24)17-11-22-20(25)26-17)16-10-15(16)12-5-2-1-3-6-12/h1-9,15-18H,10-11H2,(H,22,25)(H,23,24)/t15-,16-,17+,18+/m1/s1. The van der Waals surface area contributed by atoms with Crippen molar-refractivity contribution < 1.29 is 14.3 Å². The minimum Gasteiger partial charge on any atom is -0.434 e. The molecule has 2 fully saturated rings. The second-order valence-corrected chi connectivity index (χ2v) is 7.17. The number of nitrogens with one attached hydrogen (secondary N) is 2. The fourth-order valence-electron chi connectivity index (χ4n) is 3.59. The highest BCUT2D eigenvalue weighted by Gasteiger charge is 2.46. The summed E-state index contributed by atoms with van der Waals surface area (Å²) in [5, 5.41) is 6.21. The van der Waals surface area contributed by atoms with Gasteiger partial charge < -0.3 is 15.4 Å². The van der Waals surface area contributed by atoms with E-state index < -0.39 is 12.2 Å². The second kappa shape index (κ2) is 7.00. The van der Waals surface area contributed by atoms with E-state index in [1.54, 1.807) is 0 Å².